The molecule has 0 spiro atoms. The molecule has 2 rings (SSSR count). The van der Waals surface area contributed by atoms with Crippen LogP contribution in [0, 0.1) is 6.92 Å². The van der Waals surface area contributed by atoms with Gasteiger partial charge in [0.05, 0.1) is 11.2 Å². The van der Waals surface area contributed by atoms with E-state index in [9.17, 15) is 0 Å². The maximum absolute atomic E-state index is 5.94. The normalized spacial score (nSPS) is 19.9. The van der Waals surface area contributed by atoms with Crippen LogP contribution >= 0.6 is 0 Å². The van der Waals surface area contributed by atoms with Gasteiger partial charge in [0.2, 0.25) is 0 Å². The first kappa shape index (κ1) is 15.0. The number of nitrogens with zero attached hydrogens (tertiary/aromatic N) is 2. The smallest absolute Gasteiger partial charge is 0.400 e. The van der Waals surface area contributed by atoms with Crippen molar-refractivity contribution in [3.05, 3.63) is 30.1 Å². The lowest BCUT2D eigenvalue weighted by molar-refractivity contribution is 0.00578. The second kappa shape index (κ2) is 5.18. The first-order valence-corrected chi connectivity index (χ1v) is 6.77. The molecule has 0 amide bonds. The second-order valence-corrected chi connectivity index (χ2v) is 6.14. The van der Waals surface area contributed by atoms with Crippen molar-refractivity contribution in [2.45, 2.75) is 45.8 Å². The number of anilines is 1. The topological polar surface area (TPSA) is 56.3 Å². The van der Waals surface area contributed by atoms with Gasteiger partial charge in [-0.05, 0) is 40.1 Å². The van der Waals surface area contributed by atoms with E-state index in [0.29, 0.717) is 6.54 Å². The van der Waals surface area contributed by atoms with Gasteiger partial charge < -0.3 is 14.6 Å². The highest BCUT2D eigenvalue weighted by molar-refractivity contribution is 6.54. The van der Waals surface area contributed by atoms with Crippen LogP contribution in [0.2, 0.25) is 0 Å². The highest BCUT2D eigenvalue weighted by Gasteiger charge is 2.51. The minimum atomic E-state index is -0.393. The largest absolute Gasteiger partial charge is 0.491 e. The molecule has 20 heavy (non-hydrogen) atoms. The summed E-state index contributed by atoms with van der Waals surface area (Å²) in [6.45, 7) is 14.6. The highest BCUT2D eigenvalue weighted by Crippen LogP contribution is 2.38. The fourth-order valence-corrected chi connectivity index (χ4v) is 1.85. The Morgan fingerprint density at radius 2 is 1.85 bits per heavy atom. The molecule has 0 aromatic carbocycles. The molecule has 0 unspecified atom stereocenters. The van der Waals surface area contributed by atoms with Gasteiger partial charge in [-0.15, -0.1) is 6.58 Å². The Morgan fingerprint density at radius 1 is 1.25 bits per heavy atom. The lowest BCUT2D eigenvalue weighted by Gasteiger charge is -2.32. The fraction of sp³-hybridized carbons (Fsp3) is 0.571. The Morgan fingerprint density at radius 3 is 2.40 bits per heavy atom. The quantitative estimate of drug-likeness (QED) is 0.855. The molecule has 0 radical (unpaired) electrons. The van der Waals surface area contributed by atoms with E-state index >= 15 is 0 Å². The summed E-state index contributed by atoms with van der Waals surface area (Å²) in [4.78, 5) is 8.21. The van der Waals surface area contributed by atoms with E-state index in [4.69, 9.17) is 9.31 Å². The third-order valence-electron chi connectivity index (χ3n) is 3.89. The van der Waals surface area contributed by atoms with Crippen molar-refractivity contribution in [2.75, 3.05) is 11.9 Å². The summed E-state index contributed by atoms with van der Waals surface area (Å²) in [6.07, 6.45) is 1.54. The van der Waals surface area contributed by atoms with Gasteiger partial charge in [0, 0.05) is 18.3 Å². The van der Waals surface area contributed by atoms with Gasteiger partial charge >= 0.3 is 7.12 Å². The molecule has 1 aromatic heterocycles. The van der Waals surface area contributed by atoms with Crippen molar-refractivity contribution < 1.29 is 9.31 Å². The van der Waals surface area contributed by atoms with E-state index in [-0.39, 0.29) is 11.2 Å². The summed E-state index contributed by atoms with van der Waals surface area (Å²) in [5, 5.41) is 3.21. The van der Waals surface area contributed by atoms with Crippen molar-refractivity contribution in [3.63, 3.8) is 0 Å². The van der Waals surface area contributed by atoms with Crippen LogP contribution in [-0.2, 0) is 9.31 Å². The Bertz CT molecular complexity index is 501. The lowest BCUT2D eigenvalue weighted by atomic mass is 9.79. The monoisotopic (exact) mass is 275 g/mol. The Hall–Kier alpha value is -1.40. The van der Waals surface area contributed by atoms with Crippen LogP contribution in [0.15, 0.2) is 24.4 Å². The van der Waals surface area contributed by atoms with Gasteiger partial charge in [-0.1, -0.05) is 0 Å². The van der Waals surface area contributed by atoms with E-state index in [1.807, 2.05) is 40.7 Å². The van der Waals surface area contributed by atoms with Crippen molar-refractivity contribution in [1.29, 1.82) is 0 Å². The van der Waals surface area contributed by atoms with Crippen LogP contribution < -0.4 is 5.32 Å². The minimum absolute atomic E-state index is 0.341. The highest BCUT2D eigenvalue weighted by atomic mass is 16.7. The summed E-state index contributed by atoms with van der Waals surface area (Å²) >= 11 is 0. The van der Waals surface area contributed by atoms with Crippen LogP contribution in [0.25, 0.3) is 0 Å². The van der Waals surface area contributed by atoms with E-state index < -0.39 is 7.12 Å². The third-order valence-corrected chi connectivity index (χ3v) is 3.89. The molecule has 0 aliphatic carbocycles. The second-order valence-electron chi connectivity index (χ2n) is 6.14. The van der Waals surface area contributed by atoms with Crippen LogP contribution in [0.4, 0.5) is 5.82 Å². The van der Waals surface area contributed by atoms with Gasteiger partial charge in [-0.3, -0.25) is 0 Å². The van der Waals surface area contributed by atoms with Gasteiger partial charge in [0.1, 0.15) is 12.1 Å². The van der Waals surface area contributed by atoms with Gasteiger partial charge in [-0.2, -0.15) is 0 Å². The summed E-state index contributed by atoms with van der Waals surface area (Å²) in [5.74, 6) is 0.773. The molecule has 1 N–H and O–H groups in total. The standard InChI is InChI=1S/C14H22BN3O2/c1-10(8-16-12-7-11(2)17-9-18-12)15-19-13(3,4)14(5,6)20-15/h7,9H,1,8H2,2-6H3,(H,16,17,18). The maximum atomic E-state index is 5.94. The van der Waals surface area contributed by atoms with Gasteiger partial charge in [0.25, 0.3) is 0 Å². The summed E-state index contributed by atoms with van der Waals surface area (Å²) in [6, 6.07) is 1.89. The SMILES string of the molecule is C=C(CNc1cc(C)ncn1)B1OC(C)(C)C(C)(C)O1. The molecule has 5 nitrogen and oxygen atoms in total. The predicted octanol–water partition coefficient (Wildman–Crippen LogP) is 2.38. The Kier molecular flexibility index (Phi) is 3.89. The lowest BCUT2D eigenvalue weighted by Crippen LogP contribution is -2.41. The van der Waals surface area contributed by atoms with Gasteiger partial charge in [0.15, 0.2) is 0 Å². The van der Waals surface area contributed by atoms with E-state index in [1.54, 1.807) is 0 Å². The molecule has 1 aliphatic heterocycles. The third kappa shape index (κ3) is 3.02. The minimum Gasteiger partial charge on any atom is -0.400 e. The summed E-state index contributed by atoms with van der Waals surface area (Å²) in [7, 11) is -0.393. The van der Waals surface area contributed by atoms with Crippen molar-refractivity contribution >= 4 is 12.9 Å². The zero-order chi connectivity index (χ0) is 15.0. The molecule has 2 heterocycles. The molecule has 0 atom stereocenters. The van der Waals surface area contributed by atoms with Crippen LogP contribution in [-0.4, -0.2) is 34.8 Å². The summed E-state index contributed by atoms with van der Waals surface area (Å²) in [5.41, 5.74) is 1.08. The number of hydrogen-bond donors (Lipinski definition) is 1. The number of aryl methyl sites for hydroxylation is 1. The Balaban J connectivity index is 1.94. The molecule has 1 aliphatic rings. The molecular weight excluding hydrogens is 253 g/mol. The van der Waals surface area contributed by atoms with E-state index in [2.05, 4.69) is 21.9 Å². The number of nitrogens with one attached hydrogen (secondary N) is 1. The molecule has 1 saturated heterocycles. The first-order valence-electron chi connectivity index (χ1n) is 6.77. The molecule has 1 aromatic rings. The number of hydrogen-bond acceptors (Lipinski definition) is 5. The number of rotatable bonds is 4. The molecular formula is C14H22BN3O2. The number of aromatic nitrogens is 2. The maximum Gasteiger partial charge on any atom is 0.491 e. The molecule has 6 heteroatoms. The molecule has 108 valence electrons. The van der Waals surface area contributed by atoms with Crippen LogP contribution in [0.5, 0.6) is 0 Å². The van der Waals surface area contributed by atoms with Crippen molar-refractivity contribution in [3.8, 4) is 0 Å². The Labute approximate surface area is 120 Å². The van der Waals surface area contributed by atoms with Crippen LogP contribution in [0.1, 0.15) is 33.4 Å². The zero-order valence-corrected chi connectivity index (χ0v) is 12.9. The molecule has 0 bridgehead atoms. The first-order chi connectivity index (χ1) is 9.21. The summed E-state index contributed by atoms with van der Waals surface area (Å²) < 4.78 is 11.9. The predicted molar refractivity (Wildman–Crippen MR) is 80.5 cm³/mol. The van der Waals surface area contributed by atoms with Crippen molar-refractivity contribution in [1.82, 2.24) is 9.97 Å². The molecule has 1 fully saturated rings. The van der Waals surface area contributed by atoms with E-state index in [0.717, 1.165) is 17.0 Å². The van der Waals surface area contributed by atoms with Crippen molar-refractivity contribution in [2.24, 2.45) is 0 Å². The average molecular weight is 275 g/mol. The van der Waals surface area contributed by atoms with E-state index in [1.165, 1.54) is 6.33 Å². The molecule has 0 saturated carbocycles. The average Bonchev–Trinajstić information content (AvgIpc) is 2.56. The zero-order valence-electron chi connectivity index (χ0n) is 12.9. The van der Waals surface area contributed by atoms with Crippen LogP contribution in [0.3, 0.4) is 0 Å². The fourth-order valence-electron chi connectivity index (χ4n) is 1.85. The van der Waals surface area contributed by atoms with Gasteiger partial charge in [-0.25, -0.2) is 9.97 Å².